The molecular weight excluding hydrogens is 222 g/mol. The lowest BCUT2D eigenvalue weighted by Gasteiger charge is -2.13. The van der Waals surface area contributed by atoms with Gasteiger partial charge in [-0.05, 0) is 17.7 Å². The van der Waals surface area contributed by atoms with Gasteiger partial charge in [0, 0.05) is 26.3 Å². The number of benzene rings is 1. The highest BCUT2D eigenvalue weighted by molar-refractivity contribution is 5.89. The van der Waals surface area contributed by atoms with Gasteiger partial charge in [-0.25, -0.2) is 9.59 Å². The Balaban J connectivity index is 2.72. The van der Waals surface area contributed by atoms with E-state index in [1.165, 1.54) is 19.0 Å². The van der Waals surface area contributed by atoms with Gasteiger partial charge in [-0.2, -0.15) is 0 Å². The minimum Gasteiger partial charge on any atom is -0.465 e. The van der Waals surface area contributed by atoms with Crippen LogP contribution < -0.4 is 10.6 Å². The third-order valence-corrected chi connectivity index (χ3v) is 2.16. The molecule has 3 N–H and O–H groups in total. The van der Waals surface area contributed by atoms with E-state index in [1.807, 2.05) is 0 Å². The van der Waals surface area contributed by atoms with Crippen LogP contribution in [-0.2, 0) is 6.54 Å². The summed E-state index contributed by atoms with van der Waals surface area (Å²) in [5.41, 5.74) is 1.43. The minimum absolute atomic E-state index is 0.276. The molecule has 0 radical (unpaired) electrons. The van der Waals surface area contributed by atoms with Crippen LogP contribution in [0.1, 0.15) is 5.56 Å². The molecule has 0 saturated carbocycles. The minimum atomic E-state index is -0.991. The summed E-state index contributed by atoms with van der Waals surface area (Å²) >= 11 is 0. The highest BCUT2D eigenvalue weighted by Crippen LogP contribution is 2.12. The molecule has 0 bridgehead atoms. The van der Waals surface area contributed by atoms with Gasteiger partial charge in [0.2, 0.25) is 0 Å². The maximum absolute atomic E-state index is 11.1. The van der Waals surface area contributed by atoms with E-state index >= 15 is 0 Å². The molecule has 0 aromatic heterocycles. The van der Waals surface area contributed by atoms with Crippen molar-refractivity contribution in [3.05, 3.63) is 29.8 Å². The Morgan fingerprint density at radius 2 is 2.12 bits per heavy atom. The highest BCUT2D eigenvalue weighted by atomic mass is 16.4. The molecular formula is C11H15N3O3. The Hall–Kier alpha value is -2.24. The molecule has 0 atom stereocenters. The maximum Gasteiger partial charge on any atom is 0.407 e. The first-order valence-electron chi connectivity index (χ1n) is 5.04. The number of amides is 3. The van der Waals surface area contributed by atoms with Gasteiger partial charge >= 0.3 is 12.1 Å². The number of carboxylic acid groups (broad SMARTS) is 1. The predicted octanol–water partition coefficient (Wildman–Crippen LogP) is 1.55. The second kappa shape index (κ2) is 5.74. The fraction of sp³-hybridized carbons (Fsp3) is 0.273. The third kappa shape index (κ3) is 4.02. The third-order valence-electron chi connectivity index (χ3n) is 2.16. The largest absolute Gasteiger partial charge is 0.465 e. The Morgan fingerprint density at radius 3 is 2.71 bits per heavy atom. The molecule has 3 amide bonds. The number of anilines is 1. The molecule has 6 nitrogen and oxygen atoms in total. The fourth-order valence-electron chi connectivity index (χ4n) is 1.28. The van der Waals surface area contributed by atoms with Crippen LogP contribution in [-0.4, -0.2) is 36.2 Å². The van der Waals surface area contributed by atoms with Crippen LogP contribution in [0.4, 0.5) is 15.3 Å². The molecule has 0 unspecified atom stereocenters. The van der Waals surface area contributed by atoms with Gasteiger partial charge in [-0.15, -0.1) is 0 Å². The zero-order chi connectivity index (χ0) is 12.8. The van der Waals surface area contributed by atoms with E-state index in [9.17, 15) is 9.59 Å². The predicted molar refractivity (Wildman–Crippen MR) is 64.0 cm³/mol. The van der Waals surface area contributed by atoms with Crippen LogP contribution in [0.3, 0.4) is 0 Å². The summed E-state index contributed by atoms with van der Waals surface area (Å²) in [4.78, 5) is 22.9. The molecule has 1 aromatic carbocycles. The van der Waals surface area contributed by atoms with Crippen molar-refractivity contribution in [2.75, 3.05) is 19.4 Å². The Kier molecular flexibility index (Phi) is 4.33. The molecule has 0 heterocycles. The van der Waals surface area contributed by atoms with Crippen molar-refractivity contribution in [1.82, 2.24) is 10.2 Å². The van der Waals surface area contributed by atoms with E-state index < -0.39 is 6.09 Å². The number of nitrogens with one attached hydrogen (secondary N) is 2. The number of nitrogens with zero attached hydrogens (tertiary/aromatic N) is 1. The second-order valence-corrected chi connectivity index (χ2v) is 3.54. The van der Waals surface area contributed by atoms with Crippen LogP contribution in [0.25, 0.3) is 0 Å². The average molecular weight is 237 g/mol. The van der Waals surface area contributed by atoms with Crippen LogP contribution in [0, 0.1) is 0 Å². The van der Waals surface area contributed by atoms with Crippen molar-refractivity contribution in [1.29, 1.82) is 0 Å². The zero-order valence-electron chi connectivity index (χ0n) is 9.73. The number of carbonyl (C=O) groups excluding carboxylic acids is 1. The first-order chi connectivity index (χ1) is 8.02. The molecule has 0 aliphatic heterocycles. The molecule has 1 aromatic rings. The lowest BCUT2D eigenvalue weighted by Crippen LogP contribution is -2.25. The molecule has 0 fully saturated rings. The van der Waals surface area contributed by atoms with Gasteiger partial charge in [0.1, 0.15) is 0 Å². The number of urea groups is 1. The van der Waals surface area contributed by atoms with Gasteiger partial charge in [0.25, 0.3) is 0 Å². The smallest absolute Gasteiger partial charge is 0.407 e. The van der Waals surface area contributed by atoms with Crippen molar-refractivity contribution in [3.8, 4) is 0 Å². The van der Waals surface area contributed by atoms with Gasteiger partial charge < -0.3 is 20.6 Å². The van der Waals surface area contributed by atoms with Crippen molar-refractivity contribution in [2.45, 2.75) is 6.54 Å². The molecule has 0 saturated heterocycles. The van der Waals surface area contributed by atoms with Crippen molar-refractivity contribution in [2.24, 2.45) is 0 Å². The van der Waals surface area contributed by atoms with E-state index in [2.05, 4.69) is 10.6 Å². The summed E-state index contributed by atoms with van der Waals surface area (Å²) in [5.74, 6) is 0. The number of carbonyl (C=O) groups is 2. The fourth-order valence-corrected chi connectivity index (χ4v) is 1.28. The van der Waals surface area contributed by atoms with E-state index in [-0.39, 0.29) is 12.6 Å². The Labute approximate surface area is 99.2 Å². The lowest BCUT2D eigenvalue weighted by molar-refractivity contribution is 0.153. The van der Waals surface area contributed by atoms with E-state index in [0.717, 1.165) is 5.56 Å². The Morgan fingerprint density at radius 1 is 1.41 bits per heavy atom. The van der Waals surface area contributed by atoms with Gasteiger partial charge in [-0.3, -0.25) is 0 Å². The molecule has 17 heavy (non-hydrogen) atoms. The standard InChI is InChI=1S/C11H15N3O3/c1-12-10(15)13-9-5-3-4-8(6-9)7-14(2)11(16)17/h3-6H,7H2,1-2H3,(H,16,17)(H2,12,13,15). The first kappa shape index (κ1) is 12.8. The number of rotatable bonds is 3. The maximum atomic E-state index is 11.1. The van der Waals surface area contributed by atoms with Crippen molar-refractivity contribution >= 4 is 17.8 Å². The average Bonchev–Trinajstić information content (AvgIpc) is 2.29. The molecule has 0 spiro atoms. The summed E-state index contributed by atoms with van der Waals surface area (Å²) < 4.78 is 0. The summed E-state index contributed by atoms with van der Waals surface area (Å²) in [6.45, 7) is 0.276. The summed E-state index contributed by atoms with van der Waals surface area (Å²) in [7, 11) is 3.01. The Bertz CT molecular complexity index is 420. The van der Waals surface area contributed by atoms with E-state index in [1.54, 1.807) is 24.3 Å². The lowest BCUT2D eigenvalue weighted by atomic mass is 10.2. The van der Waals surface area contributed by atoms with Crippen LogP contribution in [0.2, 0.25) is 0 Å². The van der Waals surface area contributed by atoms with Crippen LogP contribution >= 0.6 is 0 Å². The van der Waals surface area contributed by atoms with E-state index in [0.29, 0.717) is 5.69 Å². The number of hydrogen-bond acceptors (Lipinski definition) is 2. The highest BCUT2D eigenvalue weighted by Gasteiger charge is 2.06. The monoisotopic (exact) mass is 237 g/mol. The second-order valence-electron chi connectivity index (χ2n) is 3.54. The van der Waals surface area contributed by atoms with Gasteiger partial charge in [0.15, 0.2) is 0 Å². The summed E-state index contributed by atoms with van der Waals surface area (Å²) in [6.07, 6.45) is -0.991. The topological polar surface area (TPSA) is 81.7 Å². The quantitative estimate of drug-likeness (QED) is 0.746. The number of hydrogen-bond donors (Lipinski definition) is 3. The molecule has 1 rings (SSSR count). The molecule has 6 heteroatoms. The molecule has 0 aliphatic rings. The molecule has 92 valence electrons. The normalized spacial score (nSPS) is 9.53. The zero-order valence-corrected chi connectivity index (χ0v) is 9.73. The SMILES string of the molecule is CNC(=O)Nc1cccc(CN(C)C(=O)O)c1. The van der Waals surface area contributed by atoms with Crippen molar-refractivity contribution < 1.29 is 14.7 Å². The molecule has 0 aliphatic carbocycles. The van der Waals surface area contributed by atoms with Crippen LogP contribution in [0.15, 0.2) is 24.3 Å². The summed E-state index contributed by atoms with van der Waals surface area (Å²) in [5, 5.41) is 13.8. The van der Waals surface area contributed by atoms with E-state index in [4.69, 9.17) is 5.11 Å². The first-order valence-corrected chi connectivity index (χ1v) is 5.04. The van der Waals surface area contributed by atoms with Crippen molar-refractivity contribution in [3.63, 3.8) is 0 Å². The van der Waals surface area contributed by atoms with Gasteiger partial charge in [0.05, 0.1) is 0 Å². The van der Waals surface area contributed by atoms with Crippen LogP contribution in [0.5, 0.6) is 0 Å². The van der Waals surface area contributed by atoms with Gasteiger partial charge in [-0.1, -0.05) is 12.1 Å². The summed E-state index contributed by atoms with van der Waals surface area (Å²) in [6, 6.07) is 6.72.